The lowest BCUT2D eigenvalue weighted by atomic mass is 9.89. The first-order valence-corrected chi connectivity index (χ1v) is 7.52. The van der Waals surface area contributed by atoms with Crippen LogP contribution in [-0.4, -0.2) is 31.4 Å². The molecular weight excluding hydrogens is 226 g/mol. The molecule has 1 N–H and O–H groups in total. The zero-order chi connectivity index (χ0) is 12.8. The molecule has 104 valence electrons. The van der Waals surface area contributed by atoms with Gasteiger partial charge in [-0.1, -0.05) is 19.8 Å². The number of ether oxygens (including phenoxy) is 2. The summed E-state index contributed by atoms with van der Waals surface area (Å²) in [5.41, 5.74) is -0.0338. The predicted octanol–water partition coefficient (Wildman–Crippen LogP) is 3.01. The normalized spacial score (nSPS) is 24.4. The zero-order valence-electron chi connectivity index (χ0n) is 11.8. The lowest BCUT2D eigenvalue weighted by molar-refractivity contribution is -0.0651. The van der Waals surface area contributed by atoms with Gasteiger partial charge in [0.2, 0.25) is 0 Å². The Balaban J connectivity index is 2.18. The predicted molar refractivity (Wildman–Crippen MR) is 73.6 cm³/mol. The monoisotopic (exact) mass is 253 g/mol. The van der Waals surface area contributed by atoms with Crippen molar-refractivity contribution in [3.05, 3.63) is 11.8 Å². The van der Waals surface area contributed by atoms with E-state index in [1.807, 2.05) is 0 Å². The summed E-state index contributed by atoms with van der Waals surface area (Å²) < 4.78 is 12.1. The van der Waals surface area contributed by atoms with Crippen LogP contribution in [0.3, 0.4) is 0 Å². The topological polar surface area (TPSA) is 30.5 Å². The van der Waals surface area contributed by atoms with E-state index in [0.29, 0.717) is 0 Å². The highest BCUT2D eigenvalue weighted by atomic mass is 16.5. The van der Waals surface area contributed by atoms with Crippen LogP contribution in [0.15, 0.2) is 11.8 Å². The molecule has 1 unspecified atom stereocenters. The van der Waals surface area contributed by atoms with E-state index in [0.717, 1.165) is 51.2 Å². The molecule has 18 heavy (non-hydrogen) atoms. The molecule has 0 amide bonds. The molecule has 1 saturated carbocycles. The summed E-state index contributed by atoms with van der Waals surface area (Å²) in [5, 5.41) is 3.60. The van der Waals surface area contributed by atoms with Crippen molar-refractivity contribution in [1.29, 1.82) is 0 Å². The van der Waals surface area contributed by atoms with E-state index in [1.54, 1.807) is 0 Å². The molecule has 0 radical (unpaired) electrons. The van der Waals surface area contributed by atoms with Crippen LogP contribution in [-0.2, 0) is 9.47 Å². The Bertz CT molecular complexity index is 282. The molecule has 3 heteroatoms. The second-order valence-corrected chi connectivity index (χ2v) is 5.29. The van der Waals surface area contributed by atoms with E-state index in [9.17, 15) is 0 Å². The first kappa shape index (κ1) is 13.9. The number of likely N-dealkylation sites (N-methyl/N-ethyl adjacent to an activating group) is 1. The van der Waals surface area contributed by atoms with E-state index >= 15 is 0 Å². The summed E-state index contributed by atoms with van der Waals surface area (Å²) in [6.07, 6.45) is 9.39. The SMILES string of the molecule is CCNC(C1=CCCCO1)C1(OCC)CCCC1. The number of hydrogen-bond acceptors (Lipinski definition) is 3. The van der Waals surface area contributed by atoms with Crippen LogP contribution in [0.2, 0.25) is 0 Å². The Morgan fingerprint density at radius 2 is 2.11 bits per heavy atom. The van der Waals surface area contributed by atoms with Gasteiger partial charge in [-0.05, 0) is 45.2 Å². The number of rotatable bonds is 6. The van der Waals surface area contributed by atoms with Gasteiger partial charge in [-0.2, -0.15) is 0 Å². The van der Waals surface area contributed by atoms with Crippen LogP contribution in [0.25, 0.3) is 0 Å². The van der Waals surface area contributed by atoms with Crippen molar-refractivity contribution in [2.45, 2.75) is 64.0 Å². The van der Waals surface area contributed by atoms with Gasteiger partial charge in [-0.3, -0.25) is 0 Å². The van der Waals surface area contributed by atoms with Gasteiger partial charge in [0, 0.05) is 6.61 Å². The maximum atomic E-state index is 6.18. The summed E-state index contributed by atoms with van der Waals surface area (Å²) in [5.74, 6) is 1.12. The van der Waals surface area contributed by atoms with Crippen molar-refractivity contribution in [3.63, 3.8) is 0 Å². The average Bonchev–Trinajstić information content (AvgIpc) is 2.87. The first-order valence-electron chi connectivity index (χ1n) is 7.52. The number of allylic oxidation sites excluding steroid dienone is 1. The van der Waals surface area contributed by atoms with Gasteiger partial charge in [0.1, 0.15) is 5.76 Å². The molecular formula is C15H27NO2. The third-order valence-electron chi connectivity index (χ3n) is 4.06. The van der Waals surface area contributed by atoms with Crippen LogP contribution in [0.1, 0.15) is 52.4 Å². The van der Waals surface area contributed by atoms with Crippen molar-refractivity contribution in [2.24, 2.45) is 0 Å². The summed E-state index contributed by atoms with van der Waals surface area (Å²) in [7, 11) is 0. The molecule has 0 aromatic carbocycles. The molecule has 3 nitrogen and oxygen atoms in total. The van der Waals surface area contributed by atoms with E-state index in [2.05, 4.69) is 25.2 Å². The highest BCUT2D eigenvalue weighted by Crippen LogP contribution is 2.39. The van der Waals surface area contributed by atoms with Crippen LogP contribution >= 0.6 is 0 Å². The zero-order valence-corrected chi connectivity index (χ0v) is 11.8. The van der Waals surface area contributed by atoms with Crippen molar-refractivity contribution >= 4 is 0 Å². The molecule has 0 saturated heterocycles. The Morgan fingerprint density at radius 1 is 1.33 bits per heavy atom. The minimum atomic E-state index is -0.0338. The summed E-state index contributed by atoms with van der Waals surface area (Å²) in [4.78, 5) is 0. The van der Waals surface area contributed by atoms with Crippen molar-refractivity contribution in [2.75, 3.05) is 19.8 Å². The average molecular weight is 253 g/mol. The summed E-state index contributed by atoms with van der Waals surface area (Å²) in [6, 6.07) is 0.241. The Kier molecular flexibility index (Phi) is 5.07. The molecule has 0 aromatic heterocycles. The van der Waals surface area contributed by atoms with E-state index in [-0.39, 0.29) is 11.6 Å². The molecule has 1 heterocycles. The molecule has 1 aliphatic carbocycles. The van der Waals surface area contributed by atoms with Gasteiger partial charge in [0.25, 0.3) is 0 Å². The highest BCUT2D eigenvalue weighted by molar-refractivity contribution is 5.15. The highest BCUT2D eigenvalue weighted by Gasteiger charge is 2.44. The minimum Gasteiger partial charge on any atom is -0.496 e. The van der Waals surface area contributed by atoms with Crippen molar-refractivity contribution < 1.29 is 9.47 Å². The van der Waals surface area contributed by atoms with Gasteiger partial charge in [0.05, 0.1) is 18.2 Å². The molecule has 2 aliphatic rings. The first-order chi connectivity index (χ1) is 8.82. The van der Waals surface area contributed by atoms with Crippen LogP contribution < -0.4 is 5.32 Å². The second kappa shape index (κ2) is 6.58. The van der Waals surface area contributed by atoms with Gasteiger partial charge < -0.3 is 14.8 Å². The van der Waals surface area contributed by atoms with E-state index < -0.39 is 0 Å². The standard InChI is InChI=1S/C15H27NO2/c1-3-16-14(13-9-5-8-12-17-13)15(18-4-2)10-6-7-11-15/h9,14,16H,3-8,10-12H2,1-2H3. The van der Waals surface area contributed by atoms with Crippen LogP contribution in [0, 0.1) is 0 Å². The fourth-order valence-electron chi connectivity index (χ4n) is 3.31. The Hall–Kier alpha value is -0.540. The van der Waals surface area contributed by atoms with Gasteiger partial charge in [0.15, 0.2) is 0 Å². The van der Waals surface area contributed by atoms with Crippen molar-refractivity contribution in [1.82, 2.24) is 5.32 Å². The fourth-order valence-corrected chi connectivity index (χ4v) is 3.31. The smallest absolute Gasteiger partial charge is 0.112 e. The molecule has 1 fully saturated rings. The quantitative estimate of drug-likeness (QED) is 0.789. The molecule has 0 bridgehead atoms. The lowest BCUT2D eigenvalue weighted by Crippen LogP contribution is -2.52. The lowest BCUT2D eigenvalue weighted by Gasteiger charge is -2.39. The maximum absolute atomic E-state index is 6.18. The molecule has 0 aromatic rings. The van der Waals surface area contributed by atoms with Gasteiger partial charge in [-0.15, -0.1) is 0 Å². The molecule has 1 aliphatic heterocycles. The largest absolute Gasteiger partial charge is 0.496 e. The van der Waals surface area contributed by atoms with Crippen LogP contribution in [0.4, 0.5) is 0 Å². The Labute approximate surface area is 111 Å². The number of nitrogens with one attached hydrogen (secondary N) is 1. The fraction of sp³-hybridized carbons (Fsp3) is 0.867. The maximum Gasteiger partial charge on any atom is 0.112 e. The molecule has 0 spiro atoms. The summed E-state index contributed by atoms with van der Waals surface area (Å²) in [6.45, 7) is 6.86. The van der Waals surface area contributed by atoms with Crippen molar-refractivity contribution in [3.8, 4) is 0 Å². The molecule has 2 rings (SSSR count). The van der Waals surface area contributed by atoms with E-state index in [4.69, 9.17) is 9.47 Å². The number of hydrogen-bond donors (Lipinski definition) is 1. The Morgan fingerprint density at radius 3 is 2.67 bits per heavy atom. The third kappa shape index (κ3) is 2.89. The van der Waals surface area contributed by atoms with Gasteiger partial charge in [-0.25, -0.2) is 0 Å². The third-order valence-corrected chi connectivity index (χ3v) is 4.06. The van der Waals surface area contributed by atoms with E-state index in [1.165, 1.54) is 12.8 Å². The van der Waals surface area contributed by atoms with Crippen LogP contribution in [0.5, 0.6) is 0 Å². The van der Waals surface area contributed by atoms with Gasteiger partial charge >= 0.3 is 0 Å². The molecule has 1 atom stereocenters. The summed E-state index contributed by atoms with van der Waals surface area (Å²) >= 11 is 0. The second-order valence-electron chi connectivity index (χ2n) is 5.29. The minimum absolute atomic E-state index is 0.0338.